The van der Waals surface area contributed by atoms with Gasteiger partial charge in [0.2, 0.25) is 5.91 Å². The summed E-state index contributed by atoms with van der Waals surface area (Å²) in [6.07, 6.45) is 2.18. The van der Waals surface area contributed by atoms with Gasteiger partial charge < -0.3 is 16.2 Å². The van der Waals surface area contributed by atoms with Gasteiger partial charge in [-0.3, -0.25) is 14.5 Å². The molecule has 4 atom stereocenters. The second-order valence-electron chi connectivity index (χ2n) is 6.22. The zero-order valence-electron chi connectivity index (χ0n) is 13.2. The Labute approximate surface area is 139 Å². The highest BCUT2D eigenvalue weighted by Gasteiger charge is 2.53. The number of β-lactam (4-membered cyclic amide) rings is 1. The Hall–Kier alpha value is -2.67. The first-order valence-electron chi connectivity index (χ1n) is 7.79. The lowest BCUT2D eigenvalue weighted by molar-refractivity contribution is -0.156. The van der Waals surface area contributed by atoms with Crippen LogP contribution in [0.15, 0.2) is 42.1 Å². The molecule has 2 aliphatic rings. The molecule has 7 heteroatoms. The Balaban J connectivity index is 1.72. The molecule has 1 saturated heterocycles. The van der Waals surface area contributed by atoms with Crippen molar-refractivity contribution in [3.05, 3.63) is 47.7 Å². The molecule has 0 bridgehead atoms. The van der Waals surface area contributed by atoms with Gasteiger partial charge in [-0.1, -0.05) is 43.3 Å². The zero-order chi connectivity index (χ0) is 17.4. The van der Waals surface area contributed by atoms with Crippen LogP contribution in [0.1, 0.15) is 24.9 Å². The molecule has 4 N–H and O–H groups in total. The Morgan fingerprint density at radius 2 is 2.00 bits per heavy atom. The SMILES string of the molecule is C[C@H]1C=C(C(=O)O)N2C(=O)[C@@H](NC(=O)[C@H](N)c3ccccc3)[C@@H]2C1. The molecule has 3 rings (SSSR count). The fraction of sp³-hybridized carbons (Fsp3) is 0.353. The second kappa shape index (κ2) is 6.09. The lowest BCUT2D eigenvalue weighted by atomic mass is 9.82. The summed E-state index contributed by atoms with van der Waals surface area (Å²) in [6, 6.07) is 6.94. The normalized spacial score (nSPS) is 26.8. The van der Waals surface area contributed by atoms with Crippen LogP contribution in [0.3, 0.4) is 0 Å². The lowest BCUT2D eigenvalue weighted by Gasteiger charge is -2.50. The molecule has 2 aliphatic heterocycles. The summed E-state index contributed by atoms with van der Waals surface area (Å²) < 4.78 is 0. The highest BCUT2D eigenvalue weighted by molar-refractivity contribution is 6.01. The first-order valence-corrected chi connectivity index (χ1v) is 7.79. The molecule has 24 heavy (non-hydrogen) atoms. The number of fused-ring (bicyclic) bond motifs is 1. The molecular formula is C17H19N3O4. The van der Waals surface area contributed by atoms with E-state index >= 15 is 0 Å². The van der Waals surface area contributed by atoms with Gasteiger partial charge in [-0.05, 0) is 17.9 Å². The Morgan fingerprint density at radius 1 is 1.33 bits per heavy atom. The molecule has 1 aromatic rings. The monoisotopic (exact) mass is 329 g/mol. The van der Waals surface area contributed by atoms with E-state index in [0.717, 1.165) is 0 Å². The Morgan fingerprint density at radius 3 is 2.62 bits per heavy atom. The van der Waals surface area contributed by atoms with Crippen molar-refractivity contribution in [1.82, 2.24) is 10.2 Å². The molecule has 126 valence electrons. The number of nitrogens with zero attached hydrogens (tertiary/aromatic N) is 1. The van der Waals surface area contributed by atoms with Gasteiger partial charge in [0.05, 0.1) is 6.04 Å². The maximum Gasteiger partial charge on any atom is 0.352 e. The summed E-state index contributed by atoms with van der Waals surface area (Å²) in [6.45, 7) is 1.89. The third kappa shape index (κ3) is 2.67. The van der Waals surface area contributed by atoms with Crippen LogP contribution in [0.5, 0.6) is 0 Å². The number of hydrogen-bond donors (Lipinski definition) is 3. The number of benzene rings is 1. The van der Waals surface area contributed by atoms with Crippen molar-refractivity contribution in [3.63, 3.8) is 0 Å². The van der Waals surface area contributed by atoms with Crippen LogP contribution in [0.4, 0.5) is 0 Å². The van der Waals surface area contributed by atoms with Crippen LogP contribution in [0, 0.1) is 5.92 Å². The minimum absolute atomic E-state index is 0.0124. The number of carbonyl (C=O) groups excluding carboxylic acids is 2. The van der Waals surface area contributed by atoms with Crippen LogP contribution in [-0.2, 0) is 14.4 Å². The molecule has 2 amide bonds. The molecule has 0 radical (unpaired) electrons. The van der Waals surface area contributed by atoms with Crippen molar-refractivity contribution in [3.8, 4) is 0 Å². The summed E-state index contributed by atoms with van der Waals surface area (Å²) in [5.74, 6) is -1.97. The van der Waals surface area contributed by atoms with Gasteiger partial charge in [0.15, 0.2) is 0 Å². The number of carbonyl (C=O) groups is 3. The van der Waals surface area contributed by atoms with Crippen molar-refractivity contribution >= 4 is 17.8 Å². The number of hydrogen-bond acceptors (Lipinski definition) is 4. The van der Waals surface area contributed by atoms with Gasteiger partial charge in [-0.25, -0.2) is 4.79 Å². The summed E-state index contributed by atoms with van der Waals surface area (Å²) in [5.41, 5.74) is 6.58. The van der Waals surface area contributed by atoms with Crippen molar-refractivity contribution in [2.45, 2.75) is 31.5 Å². The number of nitrogens with one attached hydrogen (secondary N) is 1. The highest BCUT2D eigenvalue weighted by Crippen LogP contribution is 2.35. The number of carboxylic acids is 1. The summed E-state index contributed by atoms with van der Waals surface area (Å²) >= 11 is 0. The van der Waals surface area contributed by atoms with E-state index in [0.29, 0.717) is 12.0 Å². The Kier molecular flexibility index (Phi) is 4.11. The molecule has 1 aromatic carbocycles. The van der Waals surface area contributed by atoms with Gasteiger partial charge in [0.25, 0.3) is 5.91 Å². The van der Waals surface area contributed by atoms with Crippen LogP contribution in [-0.4, -0.2) is 39.9 Å². The van der Waals surface area contributed by atoms with E-state index in [1.165, 1.54) is 4.90 Å². The van der Waals surface area contributed by atoms with E-state index in [9.17, 15) is 19.5 Å². The lowest BCUT2D eigenvalue weighted by Crippen LogP contribution is -2.72. The van der Waals surface area contributed by atoms with E-state index < -0.39 is 29.9 Å². The highest BCUT2D eigenvalue weighted by atomic mass is 16.4. The summed E-state index contributed by atoms with van der Waals surface area (Å²) in [7, 11) is 0. The van der Waals surface area contributed by atoms with Gasteiger partial charge in [0.1, 0.15) is 17.8 Å². The molecule has 0 unspecified atom stereocenters. The van der Waals surface area contributed by atoms with Gasteiger partial charge in [-0.2, -0.15) is 0 Å². The van der Waals surface area contributed by atoms with Crippen LogP contribution in [0.25, 0.3) is 0 Å². The van der Waals surface area contributed by atoms with Crippen molar-refractivity contribution in [2.24, 2.45) is 11.7 Å². The number of carboxylic acid groups (broad SMARTS) is 1. The molecule has 2 heterocycles. The largest absolute Gasteiger partial charge is 0.477 e. The number of rotatable bonds is 4. The average Bonchev–Trinajstić information content (AvgIpc) is 2.58. The number of allylic oxidation sites excluding steroid dienone is 1. The standard InChI is InChI=1S/C17H19N3O4/c1-9-7-11-14(16(22)20(11)12(8-9)17(23)24)19-15(21)13(18)10-5-3-2-4-6-10/h2-6,8-9,11,13-14H,7,18H2,1H3,(H,19,21)(H,23,24)/t9-,11+,13-,14+/m1/s1. The van der Waals surface area contributed by atoms with Gasteiger partial charge >= 0.3 is 5.97 Å². The summed E-state index contributed by atoms with van der Waals surface area (Å²) in [4.78, 5) is 37.1. The molecule has 0 aromatic heterocycles. The molecule has 0 aliphatic carbocycles. The molecule has 0 spiro atoms. The third-order valence-corrected chi connectivity index (χ3v) is 4.49. The van der Waals surface area contributed by atoms with Crippen molar-refractivity contribution in [1.29, 1.82) is 0 Å². The topological polar surface area (TPSA) is 113 Å². The first-order chi connectivity index (χ1) is 11.4. The number of nitrogens with two attached hydrogens (primary N) is 1. The second-order valence-corrected chi connectivity index (χ2v) is 6.22. The predicted molar refractivity (Wildman–Crippen MR) is 85.4 cm³/mol. The quantitative estimate of drug-likeness (QED) is 0.692. The number of aliphatic carboxylic acids is 1. The minimum Gasteiger partial charge on any atom is -0.477 e. The van der Waals surface area contributed by atoms with Gasteiger partial charge in [0, 0.05) is 0 Å². The van der Waals surface area contributed by atoms with E-state index in [2.05, 4.69) is 5.32 Å². The van der Waals surface area contributed by atoms with Crippen LogP contribution >= 0.6 is 0 Å². The fourth-order valence-corrected chi connectivity index (χ4v) is 3.27. The molecule has 7 nitrogen and oxygen atoms in total. The number of amides is 2. The van der Waals surface area contributed by atoms with Crippen LogP contribution in [0.2, 0.25) is 0 Å². The molecular weight excluding hydrogens is 310 g/mol. The van der Waals surface area contributed by atoms with E-state index in [1.807, 2.05) is 13.0 Å². The minimum atomic E-state index is -1.13. The smallest absolute Gasteiger partial charge is 0.352 e. The molecule has 1 fully saturated rings. The van der Waals surface area contributed by atoms with E-state index in [-0.39, 0.29) is 17.7 Å². The Bertz CT molecular complexity index is 716. The van der Waals surface area contributed by atoms with Gasteiger partial charge in [-0.15, -0.1) is 0 Å². The fourth-order valence-electron chi connectivity index (χ4n) is 3.27. The molecule has 0 saturated carbocycles. The summed E-state index contributed by atoms with van der Waals surface area (Å²) in [5, 5.41) is 11.9. The van der Waals surface area contributed by atoms with E-state index in [4.69, 9.17) is 5.73 Å². The zero-order valence-corrected chi connectivity index (χ0v) is 13.2. The van der Waals surface area contributed by atoms with Crippen molar-refractivity contribution in [2.75, 3.05) is 0 Å². The van der Waals surface area contributed by atoms with E-state index in [1.54, 1.807) is 30.3 Å². The first kappa shape index (κ1) is 16.2. The average molecular weight is 329 g/mol. The maximum atomic E-state index is 12.3. The van der Waals surface area contributed by atoms with Crippen LogP contribution < -0.4 is 11.1 Å². The third-order valence-electron chi connectivity index (χ3n) is 4.49. The maximum absolute atomic E-state index is 12.3. The predicted octanol–water partition coefficient (Wildman–Crippen LogP) is 0.390. The van der Waals surface area contributed by atoms with Crippen molar-refractivity contribution < 1.29 is 19.5 Å².